The van der Waals surface area contributed by atoms with Gasteiger partial charge in [-0.2, -0.15) is 4.68 Å². The highest BCUT2D eigenvalue weighted by molar-refractivity contribution is 8.00. The maximum absolute atomic E-state index is 11.6. The van der Waals surface area contributed by atoms with Gasteiger partial charge < -0.3 is 5.73 Å². The standard InChI is InChI=1S/C11H12N6O2S/c1-7(9(18)13-10(12)19)20-11-14-15-16-17(11)8-5-3-2-4-6-8/h2-7H,1H3,(H3,12,13,18,19). The third kappa shape index (κ3) is 3.32. The van der Waals surface area contributed by atoms with Crippen molar-refractivity contribution in [1.82, 2.24) is 25.5 Å². The average Bonchev–Trinajstić information content (AvgIpc) is 2.87. The molecule has 0 aliphatic rings. The Bertz CT molecular complexity index is 614. The molecule has 0 saturated carbocycles. The molecular formula is C11H12N6O2S. The number of tetrazole rings is 1. The summed E-state index contributed by atoms with van der Waals surface area (Å²) < 4.78 is 1.51. The molecule has 2 aromatic rings. The number of hydrogen-bond acceptors (Lipinski definition) is 6. The van der Waals surface area contributed by atoms with E-state index >= 15 is 0 Å². The number of primary amides is 1. The van der Waals surface area contributed by atoms with Gasteiger partial charge in [-0.1, -0.05) is 30.0 Å². The van der Waals surface area contributed by atoms with Crippen LogP contribution in [0.5, 0.6) is 0 Å². The van der Waals surface area contributed by atoms with Crippen LogP contribution in [0.2, 0.25) is 0 Å². The molecule has 0 bridgehead atoms. The Morgan fingerprint density at radius 3 is 2.70 bits per heavy atom. The molecule has 0 aliphatic carbocycles. The molecule has 104 valence electrons. The van der Waals surface area contributed by atoms with Crippen molar-refractivity contribution in [2.24, 2.45) is 5.73 Å². The number of carbonyl (C=O) groups is 2. The van der Waals surface area contributed by atoms with Crippen LogP contribution in [-0.4, -0.2) is 37.4 Å². The molecule has 3 N–H and O–H groups in total. The molecule has 0 spiro atoms. The van der Waals surface area contributed by atoms with Gasteiger partial charge in [-0.3, -0.25) is 10.1 Å². The van der Waals surface area contributed by atoms with Gasteiger partial charge in [0.05, 0.1) is 10.9 Å². The highest BCUT2D eigenvalue weighted by Gasteiger charge is 2.19. The van der Waals surface area contributed by atoms with Crippen molar-refractivity contribution in [3.63, 3.8) is 0 Å². The fourth-order valence-corrected chi connectivity index (χ4v) is 2.23. The van der Waals surface area contributed by atoms with Crippen molar-refractivity contribution >= 4 is 23.7 Å². The fourth-order valence-electron chi connectivity index (χ4n) is 1.42. The Hall–Kier alpha value is -2.42. The molecule has 9 heteroatoms. The Kier molecular flexibility index (Phi) is 4.31. The van der Waals surface area contributed by atoms with E-state index in [4.69, 9.17) is 5.73 Å². The maximum atomic E-state index is 11.6. The summed E-state index contributed by atoms with van der Waals surface area (Å²) >= 11 is 1.13. The molecule has 0 aliphatic heterocycles. The minimum Gasteiger partial charge on any atom is -0.351 e. The van der Waals surface area contributed by atoms with E-state index in [9.17, 15) is 9.59 Å². The van der Waals surface area contributed by atoms with Crippen molar-refractivity contribution in [3.05, 3.63) is 30.3 Å². The number of nitrogens with one attached hydrogen (secondary N) is 1. The number of benzene rings is 1. The van der Waals surface area contributed by atoms with Gasteiger partial charge in [0.25, 0.3) is 0 Å². The van der Waals surface area contributed by atoms with Gasteiger partial charge in [0.15, 0.2) is 0 Å². The number of aromatic nitrogens is 4. The minimum atomic E-state index is -0.884. The second-order valence-electron chi connectivity index (χ2n) is 3.82. The first-order valence-electron chi connectivity index (χ1n) is 5.68. The lowest BCUT2D eigenvalue weighted by atomic mass is 10.3. The summed E-state index contributed by atoms with van der Waals surface area (Å²) in [5, 5.41) is 13.2. The molecule has 1 atom stereocenters. The van der Waals surface area contributed by atoms with Crippen LogP contribution in [0.4, 0.5) is 4.79 Å². The number of carbonyl (C=O) groups excluding carboxylic acids is 2. The number of hydrogen-bond donors (Lipinski definition) is 2. The Morgan fingerprint density at radius 1 is 1.35 bits per heavy atom. The lowest BCUT2D eigenvalue weighted by Crippen LogP contribution is -2.39. The van der Waals surface area contributed by atoms with E-state index in [1.54, 1.807) is 6.92 Å². The van der Waals surface area contributed by atoms with Gasteiger partial charge in [0.2, 0.25) is 11.1 Å². The van der Waals surface area contributed by atoms with Crippen LogP contribution >= 0.6 is 11.8 Å². The number of nitrogens with zero attached hydrogens (tertiary/aromatic N) is 4. The first-order valence-corrected chi connectivity index (χ1v) is 6.56. The molecule has 20 heavy (non-hydrogen) atoms. The van der Waals surface area contributed by atoms with Crippen LogP contribution in [0.1, 0.15) is 6.92 Å². The summed E-state index contributed by atoms with van der Waals surface area (Å²) in [5.41, 5.74) is 5.68. The smallest absolute Gasteiger partial charge is 0.318 e. The van der Waals surface area contributed by atoms with Crippen molar-refractivity contribution in [3.8, 4) is 5.69 Å². The molecule has 1 aromatic carbocycles. The molecule has 2 rings (SSSR count). The molecule has 0 fully saturated rings. The highest BCUT2D eigenvalue weighted by atomic mass is 32.2. The molecule has 1 unspecified atom stereocenters. The SMILES string of the molecule is CC(Sc1nnnn1-c1ccccc1)C(=O)NC(N)=O. The van der Waals surface area contributed by atoms with E-state index in [2.05, 4.69) is 15.5 Å². The monoisotopic (exact) mass is 292 g/mol. The number of thioether (sulfide) groups is 1. The van der Waals surface area contributed by atoms with Crippen molar-refractivity contribution in [2.75, 3.05) is 0 Å². The second kappa shape index (κ2) is 6.15. The summed E-state index contributed by atoms with van der Waals surface area (Å²) in [6.07, 6.45) is 0. The van der Waals surface area contributed by atoms with Crippen LogP contribution in [-0.2, 0) is 4.79 Å². The summed E-state index contributed by atoms with van der Waals surface area (Å²) in [4.78, 5) is 22.3. The van der Waals surface area contributed by atoms with E-state index < -0.39 is 17.2 Å². The van der Waals surface area contributed by atoms with Gasteiger partial charge in [0.1, 0.15) is 0 Å². The second-order valence-corrected chi connectivity index (χ2v) is 5.13. The Balaban J connectivity index is 2.13. The van der Waals surface area contributed by atoms with Crippen LogP contribution < -0.4 is 11.1 Å². The first-order chi connectivity index (χ1) is 9.58. The molecule has 1 aromatic heterocycles. The maximum Gasteiger partial charge on any atom is 0.318 e. The van der Waals surface area contributed by atoms with Crippen molar-refractivity contribution in [1.29, 1.82) is 0 Å². The van der Waals surface area contributed by atoms with Gasteiger partial charge >= 0.3 is 6.03 Å². The third-order valence-corrected chi connectivity index (χ3v) is 3.37. The van der Waals surface area contributed by atoms with E-state index in [0.717, 1.165) is 17.4 Å². The quantitative estimate of drug-likeness (QED) is 0.785. The predicted octanol–water partition coefficient (Wildman–Crippen LogP) is 0.338. The number of imide groups is 1. The number of rotatable bonds is 4. The Labute approximate surface area is 118 Å². The zero-order valence-corrected chi connectivity index (χ0v) is 11.4. The number of amides is 3. The summed E-state index contributed by atoms with van der Waals surface area (Å²) in [6.45, 7) is 1.63. The van der Waals surface area contributed by atoms with Crippen LogP contribution in [0, 0.1) is 0 Å². The largest absolute Gasteiger partial charge is 0.351 e. The van der Waals surface area contributed by atoms with Crippen LogP contribution in [0.15, 0.2) is 35.5 Å². The Morgan fingerprint density at radius 2 is 2.05 bits per heavy atom. The normalized spacial score (nSPS) is 11.8. The van der Waals surface area contributed by atoms with E-state index in [0.29, 0.717) is 5.16 Å². The van der Waals surface area contributed by atoms with E-state index in [-0.39, 0.29) is 0 Å². The number of nitrogens with two attached hydrogens (primary N) is 1. The van der Waals surface area contributed by atoms with Gasteiger partial charge in [-0.05, 0) is 29.5 Å². The molecule has 0 saturated heterocycles. The molecule has 3 amide bonds. The summed E-state index contributed by atoms with van der Waals surface area (Å²) in [7, 11) is 0. The number of para-hydroxylation sites is 1. The molecule has 8 nitrogen and oxygen atoms in total. The zero-order chi connectivity index (χ0) is 14.5. The van der Waals surface area contributed by atoms with Gasteiger partial charge in [-0.25, -0.2) is 4.79 Å². The topological polar surface area (TPSA) is 116 Å². The third-order valence-electron chi connectivity index (χ3n) is 2.34. The van der Waals surface area contributed by atoms with E-state index in [1.165, 1.54) is 4.68 Å². The van der Waals surface area contributed by atoms with Crippen molar-refractivity contribution < 1.29 is 9.59 Å². The fraction of sp³-hybridized carbons (Fsp3) is 0.182. The molecular weight excluding hydrogens is 280 g/mol. The van der Waals surface area contributed by atoms with Crippen molar-refractivity contribution in [2.45, 2.75) is 17.3 Å². The summed E-state index contributed by atoms with van der Waals surface area (Å²) in [5.74, 6) is -0.495. The van der Waals surface area contributed by atoms with Crippen LogP contribution in [0.25, 0.3) is 5.69 Å². The average molecular weight is 292 g/mol. The number of urea groups is 1. The molecule has 1 heterocycles. The predicted molar refractivity (Wildman–Crippen MR) is 72.2 cm³/mol. The van der Waals surface area contributed by atoms with Gasteiger partial charge in [-0.15, -0.1) is 5.10 Å². The minimum absolute atomic E-state index is 0.448. The lowest BCUT2D eigenvalue weighted by molar-refractivity contribution is -0.119. The summed E-state index contributed by atoms with van der Waals surface area (Å²) in [6, 6.07) is 8.39. The first kappa shape index (κ1) is 14.0. The highest BCUT2D eigenvalue weighted by Crippen LogP contribution is 2.22. The zero-order valence-electron chi connectivity index (χ0n) is 10.6. The van der Waals surface area contributed by atoms with Crippen LogP contribution in [0.3, 0.4) is 0 Å². The van der Waals surface area contributed by atoms with Gasteiger partial charge in [0, 0.05) is 0 Å². The molecule has 0 radical (unpaired) electrons. The van der Waals surface area contributed by atoms with E-state index in [1.807, 2.05) is 35.6 Å². The lowest BCUT2D eigenvalue weighted by Gasteiger charge is -2.09.